The Labute approximate surface area is 181 Å². The van der Waals surface area contributed by atoms with Crippen molar-refractivity contribution < 1.29 is 31.9 Å². The van der Waals surface area contributed by atoms with Gasteiger partial charge in [-0.25, -0.2) is 15.2 Å². The maximum atomic E-state index is 12.6. The molecular formula is C20H22F3N5O4. The molecule has 0 radical (unpaired) electrons. The summed E-state index contributed by atoms with van der Waals surface area (Å²) in [5, 5.41) is 0. The number of aromatic nitrogens is 1. The summed E-state index contributed by atoms with van der Waals surface area (Å²) in [6.45, 7) is 3.05. The molecular weight excluding hydrogens is 431 g/mol. The number of hydrogen-bond acceptors (Lipinski definition) is 7. The van der Waals surface area contributed by atoms with Crippen molar-refractivity contribution in [3.8, 4) is 0 Å². The zero-order valence-electron chi connectivity index (χ0n) is 17.0. The first-order valence-electron chi connectivity index (χ1n) is 9.76. The van der Waals surface area contributed by atoms with Gasteiger partial charge in [-0.1, -0.05) is 0 Å². The van der Waals surface area contributed by atoms with Crippen molar-refractivity contribution in [2.24, 2.45) is 0 Å². The number of nitrogens with zero attached hydrogens (tertiary/aromatic N) is 3. The van der Waals surface area contributed by atoms with Crippen molar-refractivity contribution >= 4 is 23.9 Å². The molecule has 1 aliphatic rings. The van der Waals surface area contributed by atoms with Crippen LogP contribution in [-0.4, -0.2) is 61.2 Å². The molecule has 3 rings (SSSR count). The van der Waals surface area contributed by atoms with Crippen LogP contribution in [0.25, 0.3) is 6.08 Å². The lowest BCUT2D eigenvalue weighted by molar-refractivity contribution is -0.137. The fourth-order valence-electron chi connectivity index (χ4n) is 2.94. The third kappa shape index (κ3) is 7.01. The second-order valence-electron chi connectivity index (χ2n) is 6.83. The summed E-state index contributed by atoms with van der Waals surface area (Å²) in [5.74, 6) is 0.438. The minimum Gasteiger partial charge on any atom is -0.465 e. The van der Waals surface area contributed by atoms with E-state index in [0.717, 1.165) is 12.3 Å². The molecule has 3 heterocycles. The number of furan rings is 1. The van der Waals surface area contributed by atoms with Gasteiger partial charge in [-0.2, -0.15) is 13.2 Å². The number of halogens is 3. The summed E-state index contributed by atoms with van der Waals surface area (Å²) in [6, 6.07) is 5.74. The van der Waals surface area contributed by atoms with E-state index in [1.165, 1.54) is 24.5 Å². The average molecular weight is 453 g/mol. The van der Waals surface area contributed by atoms with Crippen LogP contribution in [0.3, 0.4) is 0 Å². The lowest BCUT2D eigenvalue weighted by Gasteiger charge is -2.35. The Bertz CT molecular complexity index is 908. The van der Waals surface area contributed by atoms with Crippen LogP contribution in [0.4, 0.5) is 23.8 Å². The summed E-state index contributed by atoms with van der Waals surface area (Å²) in [5.41, 5.74) is 3.54. The van der Waals surface area contributed by atoms with Crippen LogP contribution in [0.5, 0.6) is 0 Å². The number of ether oxygens (including phenoxy) is 1. The smallest absolute Gasteiger partial charge is 0.426 e. The summed E-state index contributed by atoms with van der Waals surface area (Å²) >= 11 is 0. The third-order valence-electron chi connectivity index (χ3n) is 4.64. The second kappa shape index (κ2) is 10.7. The molecule has 1 fully saturated rings. The van der Waals surface area contributed by atoms with Gasteiger partial charge < -0.3 is 14.1 Å². The molecule has 12 heteroatoms. The summed E-state index contributed by atoms with van der Waals surface area (Å²) < 4.78 is 48.0. The molecule has 2 aromatic rings. The van der Waals surface area contributed by atoms with E-state index < -0.39 is 23.7 Å². The Kier molecular flexibility index (Phi) is 7.71. The van der Waals surface area contributed by atoms with Crippen LogP contribution < -0.4 is 15.8 Å². The third-order valence-corrected chi connectivity index (χ3v) is 4.64. The Morgan fingerprint density at radius 1 is 1.16 bits per heavy atom. The van der Waals surface area contributed by atoms with E-state index in [1.807, 2.05) is 4.90 Å². The minimum absolute atomic E-state index is 0.114. The maximum absolute atomic E-state index is 12.6. The number of pyridine rings is 1. The van der Waals surface area contributed by atoms with Gasteiger partial charge in [0.2, 0.25) is 0 Å². The van der Waals surface area contributed by atoms with E-state index >= 15 is 0 Å². The number of rotatable bonds is 6. The average Bonchev–Trinajstić information content (AvgIpc) is 3.30. The van der Waals surface area contributed by atoms with Crippen LogP contribution >= 0.6 is 0 Å². The highest BCUT2D eigenvalue weighted by Crippen LogP contribution is 2.29. The zero-order chi connectivity index (χ0) is 23.0. The lowest BCUT2D eigenvalue weighted by Crippen LogP contribution is -2.48. The predicted molar refractivity (Wildman–Crippen MR) is 108 cm³/mol. The van der Waals surface area contributed by atoms with E-state index in [4.69, 9.17) is 9.15 Å². The fraction of sp³-hybridized carbons (Fsp3) is 0.350. The molecule has 0 aliphatic carbocycles. The minimum atomic E-state index is -4.41. The topological polar surface area (TPSA) is 99.9 Å². The van der Waals surface area contributed by atoms with Crippen molar-refractivity contribution in [2.75, 3.05) is 44.2 Å². The number of carbonyl (C=O) groups excluding carboxylic acids is 2. The molecule has 0 aromatic carbocycles. The molecule has 9 nitrogen and oxygen atoms in total. The van der Waals surface area contributed by atoms with Crippen LogP contribution in [0.1, 0.15) is 11.3 Å². The predicted octanol–water partition coefficient (Wildman–Crippen LogP) is 2.29. The molecule has 2 N–H and O–H groups in total. The monoisotopic (exact) mass is 453 g/mol. The van der Waals surface area contributed by atoms with E-state index in [0.29, 0.717) is 44.3 Å². The van der Waals surface area contributed by atoms with Gasteiger partial charge in [0.1, 0.15) is 18.2 Å². The first kappa shape index (κ1) is 23.1. The van der Waals surface area contributed by atoms with Crippen LogP contribution in [0.2, 0.25) is 0 Å². The van der Waals surface area contributed by atoms with Crippen molar-refractivity contribution in [3.63, 3.8) is 0 Å². The fourth-order valence-corrected chi connectivity index (χ4v) is 2.94. The van der Waals surface area contributed by atoms with E-state index in [9.17, 15) is 22.8 Å². The van der Waals surface area contributed by atoms with Gasteiger partial charge in [-0.3, -0.25) is 15.1 Å². The first-order chi connectivity index (χ1) is 15.3. The van der Waals surface area contributed by atoms with Gasteiger partial charge >= 0.3 is 12.3 Å². The number of amides is 2. The highest BCUT2D eigenvalue weighted by Gasteiger charge is 2.31. The lowest BCUT2D eigenvalue weighted by atomic mass is 10.2. The summed E-state index contributed by atoms with van der Waals surface area (Å²) in [4.78, 5) is 31.1. The number of piperazine rings is 1. The Balaban J connectivity index is 1.30. The van der Waals surface area contributed by atoms with Crippen LogP contribution in [0.15, 0.2) is 47.2 Å². The highest BCUT2D eigenvalue weighted by atomic mass is 19.4. The molecule has 0 saturated carbocycles. The van der Waals surface area contributed by atoms with Crippen LogP contribution in [-0.2, 0) is 15.7 Å². The van der Waals surface area contributed by atoms with Crippen LogP contribution in [0, 0.1) is 0 Å². The molecule has 0 spiro atoms. The number of hydrogen-bond donors (Lipinski definition) is 2. The summed E-state index contributed by atoms with van der Waals surface area (Å²) in [6.07, 6.45) is -0.252. The normalized spacial score (nSPS) is 15.0. The van der Waals surface area contributed by atoms with Gasteiger partial charge in [0.15, 0.2) is 0 Å². The summed E-state index contributed by atoms with van der Waals surface area (Å²) in [7, 11) is 0. The van der Waals surface area contributed by atoms with Crippen molar-refractivity contribution in [3.05, 3.63) is 54.1 Å². The number of anilines is 1. The van der Waals surface area contributed by atoms with Crippen molar-refractivity contribution in [1.29, 1.82) is 0 Å². The maximum Gasteiger partial charge on any atom is 0.426 e. The molecule has 0 bridgehead atoms. The molecule has 2 amide bonds. The molecule has 1 aliphatic heterocycles. The number of alkyl halides is 3. The van der Waals surface area contributed by atoms with E-state index in [-0.39, 0.29) is 6.61 Å². The van der Waals surface area contributed by atoms with Crippen molar-refractivity contribution in [1.82, 2.24) is 20.7 Å². The Hall–Kier alpha value is -3.54. The largest absolute Gasteiger partial charge is 0.465 e. The number of carbonyl (C=O) groups is 2. The van der Waals surface area contributed by atoms with E-state index in [2.05, 4.69) is 20.7 Å². The van der Waals surface area contributed by atoms with Gasteiger partial charge in [-0.05, 0) is 30.3 Å². The van der Waals surface area contributed by atoms with Gasteiger partial charge in [-0.15, -0.1) is 0 Å². The molecule has 0 unspecified atom stereocenters. The standard InChI is InChI=1S/C20H22F3N5O4/c21-20(22,23)15-3-5-17(24-14-15)28-9-7-27(8-10-28)11-13-32-19(30)26-25-18(29)6-4-16-2-1-12-31-16/h1-6,12,14H,7-11,13H2,(H,25,29)(H,26,30)/b6-4+. The number of hydrazine groups is 1. The van der Waals surface area contributed by atoms with Gasteiger partial charge in [0.05, 0.1) is 11.8 Å². The van der Waals surface area contributed by atoms with Gasteiger partial charge in [0.25, 0.3) is 5.91 Å². The highest BCUT2D eigenvalue weighted by molar-refractivity contribution is 5.92. The van der Waals surface area contributed by atoms with Gasteiger partial charge in [0, 0.05) is 45.0 Å². The Morgan fingerprint density at radius 3 is 2.56 bits per heavy atom. The number of nitrogens with one attached hydrogen (secondary N) is 2. The molecule has 0 atom stereocenters. The first-order valence-corrected chi connectivity index (χ1v) is 9.76. The van der Waals surface area contributed by atoms with Crippen molar-refractivity contribution in [2.45, 2.75) is 6.18 Å². The molecule has 172 valence electrons. The Morgan fingerprint density at radius 2 is 1.94 bits per heavy atom. The zero-order valence-corrected chi connectivity index (χ0v) is 17.0. The molecule has 2 aromatic heterocycles. The van der Waals surface area contributed by atoms with E-state index in [1.54, 1.807) is 12.1 Å². The second-order valence-corrected chi connectivity index (χ2v) is 6.83. The quantitative estimate of drug-likeness (QED) is 0.511. The SMILES string of the molecule is O=C(/C=C/c1ccco1)NNC(=O)OCCN1CCN(c2ccc(C(F)(F)F)cn2)CC1. The molecule has 32 heavy (non-hydrogen) atoms. The molecule has 1 saturated heterocycles.